The van der Waals surface area contributed by atoms with Crippen molar-refractivity contribution < 1.29 is 9.53 Å². The van der Waals surface area contributed by atoms with Crippen LogP contribution in [0.25, 0.3) is 0 Å². The number of aryl methyl sites for hydroxylation is 1. The average molecular weight is 310 g/mol. The van der Waals surface area contributed by atoms with E-state index in [9.17, 15) is 4.79 Å². The summed E-state index contributed by atoms with van der Waals surface area (Å²) < 4.78 is 5.45. The maximum Gasteiger partial charge on any atom is 0.262 e. The number of rotatable bonds is 4. The van der Waals surface area contributed by atoms with Gasteiger partial charge in [-0.25, -0.2) is 0 Å². The molecule has 0 radical (unpaired) electrons. The fraction of sp³-hybridized carbons (Fsp3) is 0.133. The van der Waals surface area contributed by atoms with Gasteiger partial charge in [0.05, 0.1) is 10.7 Å². The molecule has 2 aromatic carbocycles. The third kappa shape index (κ3) is 3.89. The van der Waals surface area contributed by atoms with Gasteiger partial charge in [0.15, 0.2) is 6.61 Å². The van der Waals surface area contributed by atoms with E-state index in [2.05, 4.69) is 5.32 Å². The van der Waals surface area contributed by atoms with Gasteiger partial charge in [-0.2, -0.15) is 0 Å². The molecular formula is C15H13Cl2NO2. The van der Waals surface area contributed by atoms with Crippen molar-refractivity contribution >= 4 is 34.8 Å². The summed E-state index contributed by atoms with van der Waals surface area (Å²) in [6, 6.07) is 12.4. The highest BCUT2D eigenvalue weighted by atomic mass is 35.5. The van der Waals surface area contributed by atoms with E-state index >= 15 is 0 Å². The molecule has 1 amide bonds. The van der Waals surface area contributed by atoms with Gasteiger partial charge in [-0.05, 0) is 36.8 Å². The van der Waals surface area contributed by atoms with Crippen LogP contribution >= 0.6 is 23.2 Å². The molecule has 0 heterocycles. The standard InChI is InChI=1S/C15H13Cl2NO2/c1-10-4-2-3-5-14(10)20-9-15(19)18-13-8-11(16)6-7-12(13)17/h2-8H,9H2,1H3,(H,18,19). The minimum Gasteiger partial charge on any atom is -0.483 e. The summed E-state index contributed by atoms with van der Waals surface area (Å²) >= 11 is 11.8. The Bertz CT molecular complexity index is 629. The molecule has 0 fully saturated rings. The fourth-order valence-electron chi connectivity index (χ4n) is 1.64. The normalized spacial score (nSPS) is 10.2. The molecule has 1 N–H and O–H groups in total. The quantitative estimate of drug-likeness (QED) is 0.913. The van der Waals surface area contributed by atoms with Crippen molar-refractivity contribution in [3.05, 3.63) is 58.1 Å². The number of ether oxygens (including phenoxy) is 1. The number of benzene rings is 2. The topological polar surface area (TPSA) is 38.3 Å². The summed E-state index contributed by atoms with van der Waals surface area (Å²) in [6.45, 7) is 1.83. The number of carbonyl (C=O) groups is 1. The number of para-hydroxylation sites is 1. The van der Waals surface area contributed by atoms with E-state index in [0.29, 0.717) is 21.5 Å². The molecule has 0 aliphatic carbocycles. The summed E-state index contributed by atoms with van der Waals surface area (Å²) in [5.41, 5.74) is 1.44. The van der Waals surface area contributed by atoms with Crippen LogP contribution in [0.15, 0.2) is 42.5 Å². The number of anilines is 1. The SMILES string of the molecule is Cc1ccccc1OCC(=O)Nc1cc(Cl)ccc1Cl. The smallest absolute Gasteiger partial charge is 0.262 e. The van der Waals surface area contributed by atoms with Gasteiger partial charge in [-0.15, -0.1) is 0 Å². The molecule has 0 aromatic heterocycles. The average Bonchev–Trinajstić information content (AvgIpc) is 2.42. The van der Waals surface area contributed by atoms with Crippen molar-refractivity contribution in [1.82, 2.24) is 0 Å². The number of nitrogens with one attached hydrogen (secondary N) is 1. The zero-order valence-electron chi connectivity index (χ0n) is 10.8. The minimum absolute atomic E-state index is 0.0896. The first-order valence-electron chi connectivity index (χ1n) is 5.99. The molecule has 0 aliphatic rings. The van der Waals surface area contributed by atoms with E-state index in [1.807, 2.05) is 31.2 Å². The highest BCUT2D eigenvalue weighted by Gasteiger charge is 2.08. The van der Waals surface area contributed by atoms with Crippen molar-refractivity contribution in [1.29, 1.82) is 0 Å². The number of hydrogen-bond acceptors (Lipinski definition) is 2. The second-order valence-electron chi connectivity index (χ2n) is 4.23. The van der Waals surface area contributed by atoms with Gasteiger partial charge in [-0.3, -0.25) is 4.79 Å². The van der Waals surface area contributed by atoms with Gasteiger partial charge >= 0.3 is 0 Å². The third-order valence-corrected chi connectivity index (χ3v) is 3.22. The van der Waals surface area contributed by atoms with Crippen LogP contribution in [-0.2, 0) is 4.79 Å². The molecule has 5 heteroatoms. The summed E-state index contributed by atoms with van der Waals surface area (Å²) in [6.07, 6.45) is 0. The Balaban J connectivity index is 1.96. The lowest BCUT2D eigenvalue weighted by molar-refractivity contribution is -0.118. The molecule has 104 valence electrons. The number of amides is 1. The molecule has 0 aliphatic heterocycles. The summed E-state index contributed by atoms with van der Waals surface area (Å²) in [4.78, 5) is 11.8. The lowest BCUT2D eigenvalue weighted by Crippen LogP contribution is -2.20. The third-order valence-electron chi connectivity index (χ3n) is 2.65. The maximum absolute atomic E-state index is 11.8. The molecule has 20 heavy (non-hydrogen) atoms. The molecule has 0 atom stereocenters. The van der Waals surface area contributed by atoms with Crippen molar-refractivity contribution in [2.45, 2.75) is 6.92 Å². The van der Waals surface area contributed by atoms with Gasteiger partial charge < -0.3 is 10.1 Å². The first-order valence-corrected chi connectivity index (χ1v) is 6.75. The zero-order chi connectivity index (χ0) is 14.5. The summed E-state index contributed by atoms with van der Waals surface area (Å²) in [5, 5.41) is 3.59. The van der Waals surface area contributed by atoms with Gasteiger partial charge in [0, 0.05) is 5.02 Å². The summed E-state index contributed by atoms with van der Waals surface area (Å²) in [7, 11) is 0. The lowest BCUT2D eigenvalue weighted by Gasteiger charge is -2.10. The monoisotopic (exact) mass is 309 g/mol. The highest BCUT2D eigenvalue weighted by Crippen LogP contribution is 2.25. The first kappa shape index (κ1) is 14.7. The maximum atomic E-state index is 11.8. The van der Waals surface area contributed by atoms with Crippen LogP contribution < -0.4 is 10.1 Å². The molecule has 2 aromatic rings. The van der Waals surface area contributed by atoms with E-state index in [0.717, 1.165) is 5.56 Å². The Morgan fingerprint density at radius 3 is 2.70 bits per heavy atom. The van der Waals surface area contributed by atoms with Gasteiger partial charge in [0.25, 0.3) is 5.91 Å². The molecule has 2 rings (SSSR count). The van der Waals surface area contributed by atoms with Crippen molar-refractivity contribution in [2.75, 3.05) is 11.9 Å². The Kier molecular flexibility index (Phi) is 4.88. The van der Waals surface area contributed by atoms with Crippen molar-refractivity contribution in [2.24, 2.45) is 0 Å². The number of halogens is 2. The molecule has 0 unspecified atom stereocenters. The van der Waals surface area contributed by atoms with E-state index in [1.165, 1.54) is 0 Å². The number of hydrogen-bond donors (Lipinski definition) is 1. The second kappa shape index (κ2) is 6.64. The van der Waals surface area contributed by atoms with Gasteiger partial charge in [-0.1, -0.05) is 41.4 Å². The lowest BCUT2D eigenvalue weighted by atomic mass is 10.2. The van der Waals surface area contributed by atoms with E-state index in [1.54, 1.807) is 18.2 Å². The van der Waals surface area contributed by atoms with Crippen LogP contribution in [0.5, 0.6) is 5.75 Å². The Labute approximate surface area is 127 Å². The fourth-order valence-corrected chi connectivity index (χ4v) is 1.98. The van der Waals surface area contributed by atoms with Gasteiger partial charge in [0.2, 0.25) is 0 Å². The minimum atomic E-state index is -0.294. The predicted octanol–water partition coefficient (Wildman–Crippen LogP) is 4.32. The van der Waals surface area contributed by atoms with Gasteiger partial charge in [0.1, 0.15) is 5.75 Å². The van der Waals surface area contributed by atoms with Crippen LogP contribution in [0.1, 0.15) is 5.56 Å². The molecule has 3 nitrogen and oxygen atoms in total. The molecular weight excluding hydrogens is 297 g/mol. The van der Waals surface area contributed by atoms with Crippen molar-refractivity contribution in [3.63, 3.8) is 0 Å². The van der Waals surface area contributed by atoms with Crippen LogP contribution in [0.4, 0.5) is 5.69 Å². The largest absolute Gasteiger partial charge is 0.483 e. The first-order chi connectivity index (χ1) is 9.56. The molecule has 0 spiro atoms. The van der Waals surface area contributed by atoms with Crippen molar-refractivity contribution in [3.8, 4) is 5.75 Å². The summed E-state index contributed by atoms with van der Waals surface area (Å²) in [5.74, 6) is 0.386. The Hall–Kier alpha value is -1.71. The van der Waals surface area contributed by atoms with E-state index in [4.69, 9.17) is 27.9 Å². The molecule has 0 saturated heterocycles. The predicted molar refractivity (Wildman–Crippen MR) is 81.8 cm³/mol. The molecule has 0 bridgehead atoms. The zero-order valence-corrected chi connectivity index (χ0v) is 12.3. The second-order valence-corrected chi connectivity index (χ2v) is 5.07. The molecule has 0 saturated carbocycles. The Morgan fingerprint density at radius 1 is 1.20 bits per heavy atom. The van der Waals surface area contributed by atoms with E-state index in [-0.39, 0.29) is 12.5 Å². The van der Waals surface area contributed by atoms with Crippen LogP contribution in [0.3, 0.4) is 0 Å². The van der Waals surface area contributed by atoms with E-state index < -0.39 is 0 Å². The Morgan fingerprint density at radius 2 is 1.95 bits per heavy atom. The van der Waals surface area contributed by atoms with Crippen LogP contribution in [-0.4, -0.2) is 12.5 Å². The number of carbonyl (C=O) groups excluding carboxylic acids is 1. The van der Waals surface area contributed by atoms with Crippen LogP contribution in [0.2, 0.25) is 10.0 Å². The highest BCUT2D eigenvalue weighted by molar-refractivity contribution is 6.35. The van der Waals surface area contributed by atoms with Crippen LogP contribution in [0, 0.1) is 6.92 Å².